The molecule has 0 saturated carbocycles. The van der Waals surface area contributed by atoms with E-state index in [2.05, 4.69) is 10.2 Å². The number of hydrogen-bond donors (Lipinski definition) is 2. The molecule has 2 aliphatic heterocycles. The van der Waals surface area contributed by atoms with Crippen LogP contribution in [0.15, 0.2) is 0 Å². The Morgan fingerprint density at radius 1 is 1.40 bits per heavy atom. The summed E-state index contributed by atoms with van der Waals surface area (Å²) in [6.45, 7) is 2.09. The molecule has 0 bridgehead atoms. The first-order chi connectivity index (χ1) is 7.31. The maximum absolute atomic E-state index is 11.4. The van der Waals surface area contributed by atoms with Gasteiger partial charge >= 0.3 is 0 Å². The average molecular weight is 212 g/mol. The fourth-order valence-electron chi connectivity index (χ4n) is 2.77. The summed E-state index contributed by atoms with van der Waals surface area (Å²) < 4.78 is 0. The zero-order valence-corrected chi connectivity index (χ0v) is 9.11. The van der Waals surface area contributed by atoms with Crippen LogP contribution in [-0.4, -0.2) is 47.7 Å². The maximum atomic E-state index is 11.4. The first-order valence-electron chi connectivity index (χ1n) is 5.94. The zero-order chi connectivity index (χ0) is 10.7. The quantitative estimate of drug-likeness (QED) is 0.683. The molecule has 15 heavy (non-hydrogen) atoms. The molecule has 2 saturated heterocycles. The van der Waals surface area contributed by atoms with Gasteiger partial charge in [-0.25, -0.2) is 0 Å². The van der Waals surface area contributed by atoms with Gasteiger partial charge in [0.2, 0.25) is 5.91 Å². The van der Waals surface area contributed by atoms with Crippen molar-refractivity contribution in [2.75, 3.05) is 19.7 Å². The second-order valence-electron chi connectivity index (χ2n) is 4.57. The fraction of sp³-hybridized carbons (Fsp3) is 0.909. The van der Waals surface area contributed by atoms with Gasteiger partial charge < -0.3 is 10.4 Å². The number of rotatable bonds is 2. The molecule has 0 aromatic carbocycles. The Morgan fingerprint density at radius 2 is 2.27 bits per heavy atom. The fourth-order valence-corrected chi connectivity index (χ4v) is 2.77. The van der Waals surface area contributed by atoms with E-state index < -0.39 is 0 Å². The molecule has 2 atom stereocenters. The van der Waals surface area contributed by atoms with Crippen molar-refractivity contribution >= 4 is 5.91 Å². The highest BCUT2D eigenvalue weighted by atomic mass is 16.3. The maximum Gasteiger partial charge on any atom is 0.221 e. The van der Waals surface area contributed by atoms with Gasteiger partial charge in [0, 0.05) is 25.0 Å². The molecule has 4 heteroatoms. The van der Waals surface area contributed by atoms with Crippen LogP contribution in [0.5, 0.6) is 0 Å². The van der Waals surface area contributed by atoms with Crippen molar-refractivity contribution < 1.29 is 9.90 Å². The first kappa shape index (κ1) is 10.9. The number of carbonyl (C=O) groups is 1. The van der Waals surface area contributed by atoms with Gasteiger partial charge in [-0.1, -0.05) is 0 Å². The first-order valence-corrected chi connectivity index (χ1v) is 5.94. The van der Waals surface area contributed by atoms with Crippen LogP contribution in [0.25, 0.3) is 0 Å². The number of nitrogens with one attached hydrogen (secondary N) is 1. The van der Waals surface area contributed by atoms with E-state index in [0.717, 1.165) is 38.8 Å². The van der Waals surface area contributed by atoms with Crippen molar-refractivity contribution in [2.24, 2.45) is 0 Å². The van der Waals surface area contributed by atoms with Gasteiger partial charge in [-0.3, -0.25) is 9.69 Å². The molecule has 2 rings (SSSR count). The van der Waals surface area contributed by atoms with Crippen LogP contribution < -0.4 is 5.32 Å². The lowest BCUT2D eigenvalue weighted by atomic mass is 10.1. The lowest BCUT2D eigenvalue weighted by molar-refractivity contribution is -0.121. The number of nitrogens with zero attached hydrogens (tertiary/aromatic N) is 1. The number of amides is 1. The van der Waals surface area contributed by atoms with Crippen LogP contribution in [0.3, 0.4) is 0 Å². The largest absolute Gasteiger partial charge is 0.395 e. The van der Waals surface area contributed by atoms with E-state index in [4.69, 9.17) is 0 Å². The topological polar surface area (TPSA) is 52.6 Å². The summed E-state index contributed by atoms with van der Waals surface area (Å²) in [5.41, 5.74) is 0. The number of hydrogen-bond acceptors (Lipinski definition) is 3. The van der Waals surface area contributed by atoms with Crippen molar-refractivity contribution in [1.82, 2.24) is 10.2 Å². The molecule has 1 amide bonds. The molecule has 0 aromatic heterocycles. The third kappa shape index (κ3) is 2.49. The molecule has 2 fully saturated rings. The lowest BCUT2D eigenvalue weighted by Crippen LogP contribution is -2.42. The molecular weight excluding hydrogens is 192 g/mol. The smallest absolute Gasteiger partial charge is 0.221 e. The Balaban J connectivity index is 1.98. The van der Waals surface area contributed by atoms with Crippen LogP contribution in [0.2, 0.25) is 0 Å². The summed E-state index contributed by atoms with van der Waals surface area (Å²) in [5, 5.41) is 12.2. The van der Waals surface area contributed by atoms with Crippen molar-refractivity contribution in [3.8, 4) is 0 Å². The van der Waals surface area contributed by atoms with Gasteiger partial charge in [0.25, 0.3) is 0 Å². The van der Waals surface area contributed by atoms with Crippen molar-refractivity contribution in [3.63, 3.8) is 0 Å². The van der Waals surface area contributed by atoms with Gasteiger partial charge in [-0.15, -0.1) is 0 Å². The summed E-state index contributed by atoms with van der Waals surface area (Å²) in [5.74, 6) is 0.168. The third-order valence-corrected chi connectivity index (χ3v) is 3.56. The zero-order valence-electron chi connectivity index (χ0n) is 9.11. The summed E-state index contributed by atoms with van der Waals surface area (Å²) in [6, 6.07) is 0.646. The molecule has 86 valence electrons. The standard InChI is InChI=1S/C11H20N2O2/c14-8-10-4-2-6-13(10)9-3-1-5-12-11(15)7-9/h9-10,14H,1-8H2,(H,12,15)/t9?,10-/m1/s1. The summed E-state index contributed by atoms with van der Waals surface area (Å²) >= 11 is 0. The van der Waals surface area contributed by atoms with E-state index in [1.165, 1.54) is 0 Å². The number of likely N-dealkylation sites (tertiary alicyclic amines) is 1. The van der Waals surface area contributed by atoms with Gasteiger partial charge in [-0.2, -0.15) is 0 Å². The summed E-state index contributed by atoms with van der Waals surface area (Å²) in [6.07, 6.45) is 4.98. The molecule has 2 heterocycles. The number of carbonyl (C=O) groups excluding carboxylic acids is 1. The van der Waals surface area contributed by atoms with E-state index >= 15 is 0 Å². The highest BCUT2D eigenvalue weighted by Gasteiger charge is 2.31. The van der Waals surface area contributed by atoms with E-state index in [9.17, 15) is 9.90 Å². The SMILES string of the molecule is O=C1CC(N2CCC[C@@H]2CO)CCCN1. The molecule has 0 aliphatic carbocycles. The summed E-state index contributed by atoms with van der Waals surface area (Å²) in [4.78, 5) is 13.8. The van der Waals surface area contributed by atoms with Gasteiger partial charge in [0.15, 0.2) is 0 Å². The lowest BCUT2D eigenvalue weighted by Gasteiger charge is -2.30. The van der Waals surface area contributed by atoms with E-state index in [-0.39, 0.29) is 12.5 Å². The number of aliphatic hydroxyl groups excluding tert-OH is 1. The molecule has 1 unspecified atom stereocenters. The van der Waals surface area contributed by atoms with Crippen molar-refractivity contribution in [1.29, 1.82) is 0 Å². The number of aliphatic hydroxyl groups is 1. The molecule has 4 nitrogen and oxygen atoms in total. The van der Waals surface area contributed by atoms with Crippen LogP contribution in [0, 0.1) is 0 Å². The van der Waals surface area contributed by atoms with Crippen LogP contribution in [-0.2, 0) is 4.79 Å². The normalized spacial score (nSPS) is 33.8. The third-order valence-electron chi connectivity index (χ3n) is 3.56. The summed E-state index contributed by atoms with van der Waals surface area (Å²) in [7, 11) is 0. The Kier molecular flexibility index (Phi) is 3.59. The minimum Gasteiger partial charge on any atom is -0.395 e. The minimum atomic E-state index is 0.168. The Bertz CT molecular complexity index is 233. The predicted molar refractivity (Wildman–Crippen MR) is 57.5 cm³/mol. The molecule has 0 spiro atoms. The second-order valence-corrected chi connectivity index (χ2v) is 4.57. The minimum absolute atomic E-state index is 0.168. The van der Waals surface area contributed by atoms with Gasteiger partial charge in [0.05, 0.1) is 6.61 Å². The molecule has 0 radical (unpaired) electrons. The molecular formula is C11H20N2O2. The monoisotopic (exact) mass is 212 g/mol. The highest BCUT2D eigenvalue weighted by molar-refractivity contribution is 5.76. The molecule has 2 aliphatic rings. The molecule has 2 N–H and O–H groups in total. The van der Waals surface area contributed by atoms with E-state index in [1.807, 2.05) is 0 Å². The van der Waals surface area contributed by atoms with E-state index in [1.54, 1.807) is 0 Å². The van der Waals surface area contributed by atoms with Crippen molar-refractivity contribution in [3.05, 3.63) is 0 Å². The van der Waals surface area contributed by atoms with Gasteiger partial charge in [0.1, 0.15) is 0 Å². The van der Waals surface area contributed by atoms with Crippen LogP contribution in [0.4, 0.5) is 0 Å². The van der Waals surface area contributed by atoms with Crippen LogP contribution in [0.1, 0.15) is 32.1 Å². The Hall–Kier alpha value is -0.610. The average Bonchev–Trinajstić information content (AvgIpc) is 2.61. The predicted octanol–water partition coefficient (Wildman–Crippen LogP) is 0.112. The highest BCUT2D eigenvalue weighted by Crippen LogP contribution is 2.24. The van der Waals surface area contributed by atoms with Gasteiger partial charge in [-0.05, 0) is 32.2 Å². The Morgan fingerprint density at radius 3 is 3.07 bits per heavy atom. The van der Waals surface area contributed by atoms with Crippen LogP contribution >= 0.6 is 0 Å². The van der Waals surface area contributed by atoms with Crippen molar-refractivity contribution in [2.45, 2.75) is 44.2 Å². The van der Waals surface area contributed by atoms with E-state index in [0.29, 0.717) is 18.5 Å². The Labute approximate surface area is 90.6 Å². The second kappa shape index (κ2) is 4.94. The molecule has 0 aromatic rings.